The average Bonchev–Trinajstić information content (AvgIpc) is 2.31. The summed E-state index contributed by atoms with van der Waals surface area (Å²) in [6.45, 7) is 2.13. The standard InChI is InChI=1S/C10H12BrN/c1-6-4-8(11)5-7-2-3-9(12)10(6)7/h4-5,9H,2-3,12H2,1H3/t9-/m1/s1. The summed E-state index contributed by atoms with van der Waals surface area (Å²) in [5.41, 5.74) is 10.1. The van der Waals surface area contributed by atoms with Gasteiger partial charge in [-0.05, 0) is 48.6 Å². The Morgan fingerprint density at radius 3 is 3.00 bits per heavy atom. The summed E-state index contributed by atoms with van der Waals surface area (Å²) in [6.07, 6.45) is 2.24. The molecule has 1 aliphatic carbocycles. The largest absolute Gasteiger partial charge is 0.324 e. The number of hydrogen-bond donors (Lipinski definition) is 1. The van der Waals surface area contributed by atoms with E-state index >= 15 is 0 Å². The van der Waals surface area contributed by atoms with Crippen molar-refractivity contribution in [1.29, 1.82) is 0 Å². The van der Waals surface area contributed by atoms with Gasteiger partial charge in [0.15, 0.2) is 0 Å². The lowest BCUT2D eigenvalue weighted by molar-refractivity contribution is 0.710. The lowest BCUT2D eigenvalue weighted by Crippen LogP contribution is -2.06. The number of nitrogens with two attached hydrogens (primary N) is 1. The highest BCUT2D eigenvalue weighted by Gasteiger charge is 2.20. The average molecular weight is 226 g/mol. The molecule has 0 aromatic heterocycles. The molecule has 0 unspecified atom stereocenters. The first-order valence-corrected chi connectivity index (χ1v) is 5.02. The minimum absolute atomic E-state index is 0.271. The lowest BCUT2D eigenvalue weighted by Gasteiger charge is -2.08. The van der Waals surface area contributed by atoms with Crippen LogP contribution in [0.25, 0.3) is 0 Å². The number of rotatable bonds is 0. The smallest absolute Gasteiger partial charge is 0.0303 e. The maximum atomic E-state index is 5.98. The molecule has 1 aliphatic rings. The number of hydrogen-bond acceptors (Lipinski definition) is 1. The van der Waals surface area contributed by atoms with Gasteiger partial charge in [0.1, 0.15) is 0 Å². The first-order valence-electron chi connectivity index (χ1n) is 4.23. The Bertz CT molecular complexity index is 320. The summed E-state index contributed by atoms with van der Waals surface area (Å²) in [7, 11) is 0. The van der Waals surface area contributed by atoms with Crippen molar-refractivity contribution in [3.05, 3.63) is 33.3 Å². The molecule has 0 bridgehead atoms. The summed E-state index contributed by atoms with van der Waals surface area (Å²) in [5, 5.41) is 0. The Balaban J connectivity index is 2.60. The molecule has 1 aromatic carbocycles. The van der Waals surface area contributed by atoms with E-state index in [0.717, 1.165) is 12.8 Å². The molecule has 12 heavy (non-hydrogen) atoms. The summed E-state index contributed by atoms with van der Waals surface area (Å²) in [6, 6.07) is 4.60. The molecule has 1 nitrogen and oxygen atoms in total. The monoisotopic (exact) mass is 225 g/mol. The van der Waals surface area contributed by atoms with Crippen LogP contribution >= 0.6 is 15.9 Å². The van der Waals surface area contributed by atoms with Crippen LogP contribution in [-0.2, 0) is 6.42 Å². The maximum Gasteiger partial charge on any atom is 0.0303 e. The summed E-state index contributed by atoms with van der Waals surface area (Å²) in [4.78, 5) is 0. The first kappa shape index (κ1) is 8.27. The van der Waals surface area contributed by atoms with Crippen LogP contribution in [0.4, 0.5) is 0 Å². The normalized spacial score (nSPS) is 21.1. The van der Waals surface area contributed by atoms with E-state index in [4.69, 9.17) is 5.73 Å². The second-order valence-corrected chi connectivity index (χ2v) is 4.36. The van der Waals surface area contributed by atoms with Gasteiger partial charge in [0, 0.05) is 10.5 Å². The second kappa shape index (κ2) is 2.86. The van der Waals surface area contributed by atoms with Crippen LogP contribution in [0, 0.1) is 6.92 Å². The highest BCUT2D eigenvalue weighted by atomic mass is 79.9. The Morgan fingerprint density at radius 2 is 2.25 bits per heavy atom. The molecule has 0 saturated carbocycles. The highest BCUT2D eigenvalue weighted by molar-refractivity contribution is 9.10. The van der Waals surface area contributed by atoms with Crippen molar-refractivity contribution >= 4 is 15.9 Å². The van der Waals surface area contributed by atoms with E-state index in [1.807, 2.05) is 0 Å². The quantitative estimate of drug-likeness (QED) is 0.723. The van der Waals surface area contributed by atoms with Crippen molar-refractivity contribution in [2.75, 3.05) is 0 Å². The van der Waals surface area contributed by atoms with Crippen LogP contribution in [-0.4, -0.2) is 0 Å². The number of halogens is 1. The Kier molecular flexibility index (Phi) is 1.97. The van der Waals surface area contributed by atoms with Crippen molar-refractivity contribution in [2.24, 2.45) is 5.73 Å². The van der Waals surface area contributed by atoms with Crippen molar-refractivity contribution < 1.29 is 0 Å². The van der Waals surface area contributed by atoms with E-state index in [9.17, 15) is 0 Å². The van der Waals surface area contributed by atoms with Gasteiger partial charge in [-0.1, -0.05) is 15.9 Å². The van der Waals surface area contributed by atoms with E-state index in [0.29, 0.717) is 0 Å². The summed E-state index contributed by atoms with van der Waals surface area (Å²) < 4.78 is 1.17. The fraction of sp³-hybridized carbons (Fsp3) is 0.400. The predicted molar refractivity (Wildman–Crippen MR) is 54.1 cm³/mol. The van der Waals surface area contributed by atoms with E-state index in [1.54, 1.807) is 0 Å². The zero-order valence-electron chi connectivity index (χ0n) is 7.10. The highest BCUT2D eigenvalue weighted by Crippen LogP contribution is 2.33. The minimum atomic E-state index is 0.271. The van der Waals surface area contributed by atoms with Crippen LogP contribution in [0.15, 0.2) is 16.6 Å². The molecule has 0 aliphatic heterocycles. The Labute approximate surface area is 81.1 Å². The zero-order chi connectivity index (χ0) is 8.72. The van der Waals surface area contributed by atoms with Gasteiger partial charge in [0.05, 0.1) is 0 Å². The van der Waals surface area contributed by atoms with E-state index in [1.165, 1.54) is 21.2 Å². The van der Waals surface area contributed by atoms with Crippen LogP contribution < -0.4 is 5.73 Å². The topological polar surface area (TPSA) is 26.0 Å². The van der Waals surface area contributed by atoms with Gasteiger partial charge < -0.3 is 5.73 Å². The molecule has 0 radical (unpaired) electrons. The van der Waals surface area contributed by atoms with Crippen LogP contribution in [0.3, 0.4) is 0 Å². The molecular formula is C10H12BrN. The van der Waals surface area contributed by atoms with Crippen molar-refractivity contribution in [3.8, 4) is 0 Å². The summed E-state index contributed by atoms with van der Waals surface area (Å²) in [5.74, 6) is 0. The van der Waals surface area contributed by atoms with E-state index in [-0.39, 0.29) is 6.04 Å². The third-order valence-electron chi connectivity index (χ3n) is 2.53. The van der Waals surface area contributed by atoms with Gasteiger partial charge in [-0.25, -0.2) is 0 Å². The maximum absolute atomic E-state index is 5.98. The molecule has 0 fully saturated rings. The molecule has 2 N–H and O–H groups in total. The number of aryl methyl sites for hydroxylation is 2. The molecule has 1 aromatic rings. The Morgan fingerprint density at radius 1 is 1.50 bits per heavy atom. The van der Waals surface area contributed by atoms with Crippen molar-refractivity contribution in [1.82, 2.24) is 0 Å². The predicted octanol–water partition coefficient (Wildman–Crippen LogP) is 2.70. The molecule has 0 saturated heterocycles. The van der Waals surface area contributed by atoms with Gasteiger partial charge in [0.25, 0.3) is 0 Å². The molecule has 64 valence electrons. The molecule has 2 rings (SSSR count). The van der Waals surface area contributed by atoms with Gasteiger partial charge >= 0.3 is 0 Å². The molecule has 0 amide bonds. The first-order chi connectivity index (χ1) is 5.68. The molecular weight excluding hydrogens is 214 g/mol. The number of benzene rings is 1. The molecule has 2 heteroatoms. The van der Waals surface area contributed by atoms with Gasteiger partial charge in [0.2, 0.25) is 0 Å². The SMILES string of the molecule is Cc1cc(Br)cc2c1[C@H](N)CC2. The minimum Gasteiger partial charge on any atom is -0.324 e. The van der Waals surface area contributed by atoms with Crippen LogP contribution in [0.2, 0.25) is 0 Å². The summed E-state index contributed by atoms with van der Waals surface area (Å²) >= 11 is 3.49. The third kappa shape index (κ3) is 1.19. The van der Waals surface area contributed by atoms with Gasteiger partial charge in [-0.2, -0.15) is 0 Å². The van der Waals surface area contributed by atoms with Gasteiger partial charge in [-0.3, -0.25) is 0 Å². The molecule has 0 spiro atoms. The molecule has 0 heterocycles. The number of fused-ring (bicyclic) bond motifs is 1. The van der Waals surface area contributed by atoms with Gasteiger partial charge in [-0.15, -0.1) is 0 Å². The van der Waals surface area contributed by atoms with Crippen molar-refractivity contribution in [3.63, 3.8) is 0 Å². The fourth-order valence-corrected chi connectivity index (χ4v) is 2.64. The van der Waals surface area contributed by atoms with Crippen LogP contribution in [0.5, 0.6) is 0 Å². The van der Waals surface area contributed by atoms with Crippen LogP contribution in [0.1, 0.15) is 29.2 Å². The third-order valence-corrected chi connectivity index (χ3v) is 2.99. The van der Waals surface area contributed by atoms with E-state index in [2.05, 4.69) is 35.0 Å². The Hall–Kier alpha value is -0.340. The fourth-order valence-electron chi connectivity index (χ4n) is 2.02. The molecule has 1 atom stereocenters. The van der Waals surface area contributed by atoms with Crippen molar-refractivity contribution in [2.45, 2.75) is 25.8 Å². The van der Waals surface area contributed by atoms with E-state index < -0.39 is 0 Å². The lowest BCUT2D eigenvalue weighted by atomic mass is 10.0. The zero-order valence-corrected chi connectivity index (χ0v) is 8.69. The second-order valence-electron chi connectivity index (χ2n) is 3.44.